The minimum Gasteiger partial charge on any atom is -0.462 e. The van der Waals surface area contributed by atoms with Crippen LogP contribution in [0.2, 0.25) is 0 Å². The van der Waals surface area contributed by atoms with Crippen molar-refractivity contribution in [2.24, 2.45) is 46.3 Å². The summed E-state index contributed by atoms with van der Waals surface area (Å²) in [5.74, 6) is 4.80. The van der Waals surface area contributed by atoms with Crippen molar-refractivity contribution in [2.75, 3.05) is 65.9 Å². The lowest BCUT2D eigenvalue weighted by molar-refractivity contribution is -0.153. The van der Waals surface area contributed by atoms with Crippen molar-refractivity contribution in [3.63, 3.8) is 0 Å². The monoisotopic (exact) mass is 924 g/mol. The molecule has 0 N–H and O–H groups in total. The van der Waals surface area contributed by atoms with Crippen LogP contribution >= 0.6 is 0 Å². The number of allylic oxidation sites excluding steroid dienone is 3. The molecule has 4 fully saturated rings. The molecule has 0 aromatic heterocycles. The highest BCUT2D eigenvalue weighted by Crippen LogP contribution is 2.67. The van der Waals surface area contributed by atoms with E-state index in [1.807, 2.05) is 0 Å². The predicted octanol–water partition coefficient (Wildman–Crippen LogP) is 14.9. The van der Waals surface area contributed by atoms with Crippen LogP contribution in [0.5, 0.6) is 0 Å². The molecule has 5 aliphatic rings. The number of carbonyl (C=O) groups is 1. The van der Waals surface area contributed by atoms with E-state index in [9.17, 15) is 4.79 Å². The second-order valence-corrected chi connectivity index (χ2v) is 23.2. The highest BCUT2D eigenvalue weighted by atomic mass is 16.6. The summed E-state index contributed by atoms with van der Waals surface area (Å²) in [6.45, 7) is 21.2. The minimum atomic E-state index is -0.290. The molecule has 7 heteroatoms. The maximum atomic E-state index is 12.7. The number of hydrogen-bond donors (Lipinski definition) is 0. The van der Waals surface area contributed by atoms with Crippen LogP contribution in [0.25, 0.3) is 0 Å². The summed E-state index contributed by atoms with van der Waals surface area (Å²) in [4.78, 5) is 15.3. The van der Waals surface area contributed by atoms with Crippen LogP contribution in [0.4, 0.5) is 0 Å². The summed E-state index contributed by atoms with van der Waals surface area (Å²) in [7, 11) is 0. The van der Waals surface area contributed by atoms with Crippen LogP contribution in [0.15, 0.2) is 23.8 Å². The quantitative estimate of drug-likeness (QED) is 0.0356. The zero-order chi connectivity index (χ0) is 46.9. The molecule has 0 spiro atoms. The SMILES string of the molecule is CCCCCCCC/C=C\CCCCCCCCOCC(CN1CCCCC1)OCCOCCOC(=O)CO[C@H]1CCC2(C)C(=CCC3C4CC[C@@H]([C@H](C)CCCC(C)C)C4(C)CC[C@H]32)C1. The van der Waals surface area contributed by atoms with Crippen LogP contribution in [0.1, 0.15) is 221 Å². The molecule has 1 heterocycles. The van der Waals surface area contributed by atoms with Gasteiger partial charge >= 0.3 is 5.97 Å². The molecular formula is C59H105NO6. The summed E-state index contributed by atoms with van der Waals surface area (Å²) in [5, 5.41) is 0. The van der Waals surface area contributed by atoms with Crippen molar-refractivity contribution in [3.05, 3.63) is 23.8 Å². The standard InChI is InChI=1S/C59H105NO6/c1-7-8-9-10-11-12-13-14-15-16-17-18-19-20-21-25-39-63-46-52(45-60-37-23-22-24-38-60)64-42-40-62-41-43-65-57(61)47-66-51-33-35-58(5)50(44-51)29-30-53-55-32-31-54(49(4)28-26-27-48(2)3)59(55,6)36-34-56(53)58/h14-15,29,48-49,51-56H,7-13,16-28,30-47H2,1-6H3/b15-14-/t49-,51+,52?,53?,54+,55?,56-,58?,59?/m1/s1. The number of fused-ring (bicyclic) bond motifs is 5. The summed E-state index contributed by atoms with van der Waals surface area (Å²) in [6, 6.07) is 0. The topological polar surface area (TPSA) is 66.5 Å². The lowest BCUT2D eigenvalue weighted by atomic mass is 9.47. The van der Waals surface area contributed by atoms with Crippen LogP contribution < -0.4 is 0 Å². The summed E-state index contributed by atoms with van der Waals surface area (Å²) in [5.41, 5.74) is 2.42. The average molecular weight is 924 g/mol. The molecule has 66 heavy (non-hydrogen) atoms. The molecule has 9 atom stereocenters. The summed E-state index contributed by atoms with van der Waals surface area (Å²) < 4.78 is 30.1. The van der Waals surface area contributed by atoms with E-state index in [1.165, 1.54) is 161 Å². The van der Waals surface area contributed by atoms with Gasteiger partial charge in [0.1, 0.15) is 13.2 Å². The third-order valence-electron chi connectivity index (χ3n) is 17.8. The predicted molar refractivity (Wildman–Crippen MR) is 275 cm³/mol. The lowest BCUT2D eigenvalue weighted by Gasteiger charge is -2.58. The first kappa shape index (κ1) is 55.7. The summed E-state index contributed by atoms with van der Waals surface area (Å²) >= 11 is 0. The number of unbranched alkanes of at least 4 members (excludes halogenated alkanes) is 12. The first-order valence-corrected chi connectivity index (χ1v) is 28.7. The third-order valence-corrected chi connectivity index (χ3v) is 17.8. The summed E-state index contributed by atoms with van der Waals surface area (Å²) in [6.07, 6.45) is 44.2. The Balaban J connectivity index is 0.886. The van der Waals surface area contributed by atoms with Crippen molar-refractivity contribution >= 4 is 5.97 Å². The highest BCUT2D eigenvalue weighted by Gasteiger charge is 2.59. The van der Waals surface area contributed by atoms with Gasteiger partial charge in [0.25, 0.3) is 0 Å². The van der Waals surface area contributed by atoms with Gasteiger partial charge in [-0.15, -0.1) is 0 Å². The molecule has 0 amide bonds. The Labute approximate surface area is 407 Å². The first-order chi connectivity index (χ1) is 32.1. The smallest absolute Gasteiger partial charge is 0.332 e. The van der Waals surface area contributed by atoms with Gasteiger partial charge < -0.3 is 28.6 Å². The maximum Gasteiger partial charge on any atom is 0.332 e. The van der Waals surface area contributed by atoms with E-state index in [0.717, 1.165) is 81.0 Å². The van der Waals surface area contributed by atoms with Crippen molar-refractivity contribution in [1.29, 1.82) is 0 Å². The van der Waals surface area contributed by atoms with Gasteiger partial charge in [0.2, 0.25) is 0 Å². The number of likely N-dealkylation sites (tertiary alicyclic amines) is 1. The number of esters is 1. The number of nitrogens with zero attached hydrogens (tertiary/aromatic N) is 1. The Morgan fingerprint density at radius 1 is 0.742 bits per heavy atom. The molecule has 1 aliphatic heterocycles. The van der Waals surface area contributed by atoms with Gasteiger partial charge in [-0.25, -0.2) is 4.79 Å². The van der Waals surface area contributed by atoms with Crippen LogP contribution in [-0.2, 0) is 28.5 Å². The fourth-order valence-corrected chi connectivity index (χ4v) is 13.9. The Morgan fingerprint density at radius 3 is 2.20 bits per heavy atom. The second kappa shape index (κ2) is 31.2. The molecule has 3 saturated carbocycles. The molecule has 382 valence electrons. The second-order valence-electron chi connectivity index (χ2n) is 23.2. The van der Waals surface area contributed by atoms with Gasteiger partial charge in [-0.1, -0.05) is 149 Å². The Morgan fingerprint density at radius 2 is 1.45 bits per heavy atom. The van der Waals surface area contributed by atoms with E-state index in [-0.39, 0.29) is 36.8 Å². The number of ether oxygens (including phenoxy) is 5. The van der Waals surface area contributed by atoms with Crippen LogP contribution in [0.3, 0.4) is 0 Å². The van der Waals surface area contributed by atoms with E-state index in [2.05, 4.69) is 64.7 Å². The van der Waals surface area contributed by atoms with E-state index < -0.39 is 0 Å². The van der Waals surface area contributed by atoms with E-state index in [4.69, 9.17) is 23.7 Å². The van der Waals surface area contributed by atoms with Gasteiger partial charge in [-0.05, 0) is 156 Å². The number of carbonyl (C=O) groups excluding carboxylic acids is 1. The highest BCUT2D eigenvalue weighted by molar-refractivity contribution is 5.70. The van der Waals surface area contributed by atoms with Crippen molar-refractivity contribution in [3.8, 4) is 0 Å². The van der Waals surface area contributed by atoms with E-state index in [1.54, 1.807) is 5.57 Å². The van der Waals surface area contributed by atoms with Crippen LogP contribution in [-0.4, -0.2) is 89.0 Å². The molecule has 0 aromatic carbocycles. The van der Waals surface area contributed by atoms with Gasteiger partial charge in [0.05, 0.1) is 38.6 Å². The third kappa shape index (κ3) is 18.5. The van der Waals surface area contributed by atoms with Crippen molar-refractivity contribution in [2.45, 2.75) is 234 Å². The van der Waals surface area contributed by atoms with Gasteiger partial charge in [-0.2, -0.15) is 0 Å². The Kier molecular flexibility index (Phi) is 26.3. The van der Waals surface area contributed by atoms with Crippen molar-refractivity contribution < 1.29 is 28.5 Å². The zero-order valence-corrected chi connectivity index (χ0v) is 44.1. The first-order valence-electron chi connectivity index (χ1n) is 28.7. The van der Waals surface area contributed by atoms with Gasteiger partial charge in [0, 0.05) is 13.2 Å². The maximum absolute atomic E-state index is 12.7. The average Bonchev–Trinajstić information content (AvgIpc) is 3.67. The number of rotatable bonds is 35. The van der Waals surface area contributed by atoms with E-state index >= 15 is 0 Å². The molecule has 7 nitrogen and oxygen atoms in total. The molecule has 4 aliphatic carbocycles. The van der Waals surface area contributed by atoms with Crippen molar-refractivity contribution in [1.82, 2.24) is 4.90 Å². The lowest BCUT2D eigenvalue weighted by Crippen LogP contribution is -2.51. The minimum absolute atomic E-state index is 0.0242. The fraction of sp³-hybridized carbons (Fsp3) is 0.915. The van der Waals surface area contributed by atoms with Crippen LogP contribution in [0, 0.1) is 46.3 Å². The molecule has 0 bridgehead atoms. The van der Waals surface area contributed by atoms with E-state index in [0.29, 0.717) is 31.8 Å². The number of piperidine rings is 1. The molecule has 1 saturated heterocycles. The largest absolute Gasteiger partial charge is 0.462 e. The molecule has 0 radical (unpaired) electrons. The molecular weight excluding hydrogens is 819 g/mol. The molecule has 5 rings (SSSR count). The Hall–Kier alpha value is -1.25. The van der Waals surface area contributed by atoms with Gasteiger partial charge in [-0.3, -0.25) is 0 Å². The molecule has 5 unspecified atom stereocenters. The Bertz CT molecular complexity index is 1360. The zero-order valence-electron chi connectivity index (χ0n) is 44.1. The molecule has 0 aromatic rings. The number of hydrogen-bond acceptors (Lipinski definition) is 7. The van der Waals surface area contributed by atoms with Gasteiger partial charge in [0.15, 0.2) is 0 Å². The fourth-order valence-electron chi connectivity index (χ4n) is 13.9. The normalized spacial score (nSPS) is 28.8.